The predicted molar refractivity (Wildman–Crippen MR) is 122 cm³/mol. The van der Waals surface area contributed by atoms with Gasteiger partial charge in [-0.15, -0.1) is 0 Å². The molecule has 146 valence electrons. The molecule has 4 rings (SSSR count). The van der Waals surface area contributed by atoms with E-state index in [9.17, 15) is 5.11 Å². The quantitative estimate of drug-likeness (QED) is 0.387. The first-order valence-electron chi connectivity index (χ1n) is 10.2. The largest absolute Gasteiger partial charge is 0.507 e. The van der Waals surface area contributed by atoms with Crippen LogP contribution in [0.1, 0.15) is 42.1 Å². The number of phenols is 1. The highest BCUT2D eigenvalue weighted by Crippen LogP contribution is 2.34. The molecule has 0 unspecified atom stereocenters. The van der Waals surface area contributed by atoms with E-state index in [0.717, 1.165) is 63.7 Å². The third kappa shape index (κ3) is 3.95. The van der Waals surface area contributed by atoms with Crippen LogP contribution in [0.2, 0.25) is 0 Å². The number of unbranched alkanes of at least 4 members (excludes halogenated alkanes) is 1. The van der Waals surface area contributed by atoms with Gasteiger partial charge in [0.15, 0.2) is 0 Å². The smallest absolute Gasteiger partial charge is 0.122 e. The maximum Gasteiger partial charge on any atom is 0.122 e. The van der Waals surface area contributed by atoms with Gasteiger partial charge >= 0.3 is 0 Å². The van der Waals surface area contributed by atoms with Gasteiger partial charge in [-0.3, -0.25) is 5.10 Å². The van der Waals surface area contributed by atoms with Gasteiger partial charge in [-0.1, -0.05) is 68.0 Å². The van der Waals surface area contributed by atoms with Crippen LogP contribution in [-0.4, -0.2) is 15.3 Å². The maximum atomic E-state index is 10.7. The van der Waals surface area contributed by atoms with Crippen LogP contribution in [0, 0.1) is 6.92 Å². The molecule has 0 saturated carbocycles. The first-order chi connectivity index (χ1) is 14.2. The normalized spacial score (nSPS) is 11.5. The van der Waals surface area contributed by atoms with Gasteiger partial charge < -0.3 is 5.11 Å². The number of hydrogen-bond acceptors (Lipinski definition) is 2. The third-order valence-corrected chi connectivity index (χ3v) is 5.45. The summed E-state index contributed by atoms with van der Waals surface area (Å²) in [5.74, 6) is 0.424. The molecule has 3 nitrogen and oxygen atoms in total. The molecule has 0 radical (unpaired) electrons. The number of benzene rings is 3. The summed E-state index contributed by atoms with van der Waals surface area (Å²) >= 11 is 0. The van der Waals surface area contributed by atoms with Crippen molar-refractivity contribution in [2.75, 3.05) is 0 Å². The van der Waals surface area contributed by atoms with Crippen LogP contribution < -0.4 is 0 Å². The lowest BCUT2D eigenvalue weighted by Crippen LogP contribution is -1.91. The van der Waals surface area contributed by atoms with Crippen LogP contribution in [-0.2, 0) is 6.42 Å². The van der Waals surface area contributed by atoms with Gasteiger partial charge in [0.25, 0.3) is 0 Å². The Labute approximate surface area is 171 Å². The van der Waals surface area contributed by atoms with Gasteiger partial charge in [0.1, 0.15) is 5.75 Å². The summed E-state index contributed by atoms with van der Waals surface area (Å²) in [5, 5.41) is 19.3. The summed E-state index contributed by atoms with van der Waals surface area (Å²) in [6, 6.07) is 20.7. The van der Waals surface area contributed by atoms with Crippen molar-refractivity contribution in [1.82, 2.24) is 10.2 Å². The van der Waals surface area contributed by atoms with Gasteiger partial charge in [0.05, 0.1) is 11.2 Å². The van der Waals surface area contributed by atoms with Crippen LogP contribution in [0.4, 0.5) is 0 Å². The van der Waals surface area contributed by atoms with E-state index in [1.807, 2.05) is 31.2 Å². The van der Waals surface area contributed by atoms with E-state index in [0.29, 0.717) is 5.75 Å². The summed E-state index contributed by atoms with van der Waals surface area (Å²) in [7, 11) is 0. The molecular weight excluding hydrogens is 356 g/mol. The second-order valence-electron chi connectivity index (χ2n) is 7.46. The highest BCUT2D eigenvalue weighted by Gasteiger charge is 2.12. The molecule has 4 aromatic rings. The topological polar surface area (TPSA) is 48.9 Å². The molecule has 0 aliphatic rings. The number of aromatic amines is 1. The van der Waals surface area contributed by atoms with Crippen molar-refractivity contribution in [3.05, 3.63) is 83.0 Å². The Morgan fingerprint density at radius 2 is 1.83 bits per heavy atom. The number of aromatic nitrogens is 2. The van der Waals surface area contributed by atoms with Crippen molar-refractivity contribution in [2.45, 2.75) is 33.1 Å². The lowest BCUT2D eigenvalue weighted by Gasteiger charge is -2.12. The second-order valence-corrected chi connectivity index (χ2v) is 7.46. The van der Waals surface area contributed by atoms with Crippen molar-refractivity contribution in [1.29, 1.82) is 0 Å². The Morgan fingerprint density at radius 3 is 2.62 bits per heavy atom. The molecule has 0 aliphatic carbocycles. The number of nitrogens with one attached hydrogen (secondary N) is 1. The molecular formula is C26H26N2O. The van der Waals surface area contributed by atoms with E-state index >= 15 is 0 Å². The Balaban J connectivity index is 1.71. The number of aryl methyl sites for hydroxylation is 1. The summed E-state index contributed by atoms with van der Waals surface area (Å²) in [5.41, 5.74) is 7.16. The van der Waals surface area contributed by atoms with Crippen LogP contribution in [0.5, 0.6) is 5.75 Å². The molecule has 0 spiro atoms. The van der Waals surface area contributed by atoms with E-state index in [1.165, 1.54) is 0 Å². The number of hydrogen-bond donors (Lipinski definition) is 2. The van der Waals surface area contributed by atoms with Crippen LogP contribution >= 0.6 is 0 Å². The molecule has 1 heterocycles. The minimum Gasteiger partial charge on any atom is -0.507 e. The number of H-pyrrole nitrogens is 1. The lowest BCUT2D eigenvalue weighted by molar-refractivity contribution is 0.463. The Hall–Kier alpha value is -3.33. The molecule has 0 atom stereocenters. The fourth-order valence-corrected chi connectivity index (χ4v) is 3.71. The highest BCUT2D eigenvalue weighted by molar-refractivity contribution is 5.93. The minimum absolute atomic E-state index is 0.424. The van der Waals surface area contributed by atoms with Crippen LogP contribution in [0.25, 0.3) is 34.2 Å². The Bertz CT molecular complexity index is 1160. The summed E-state index contributed by atoms with van der Waals surface area (Å²) in [6.07, 6.45) is 7.23. The number of rotatable bonds is 6. The van der Waals surface area contributed by atoms with Gasteiger partial charge in [0, 0.05) is 5.39 Å². The third-order valence-electron chi connectivity index (χ3n) is 5.45. The molecule has 0 fully saturated rings. The average molecular weight is 383 g/mol. The molecule has 0 aliphatic heterocycles. The van der Waals surface area contributed by atoms with Crippen molar-refractivity contribution in [3.8, 4) is 16.9 Å². The zero-order chi connectivity index (χ0) is 20.2. The Kier molecular flexibility index (Phi) is 5.48. The fraction of sp³-hybridized carbons (Fsp3) is 0.192. The lowest BCUT2D eigenvalue weighted by atomic mass is 9.94. The van der Waals surface area contributed by atoms with E-state index in [2.05, 4.69) is 65.7 Å². The van der Waals surface area contributed by atoms with E-state index in [1.54, 1.807) is 0 Å². The maximum absolute atomic E-state index is 10.7. The first-order valence-corrected chi connectivity index (χ1v) is 10.2. The highest BCUT2D eigenvalue weighted by atomic mass is 16.3. The second kappa shape index (κ2) is 8.36. The SMILES string of the molecule is CCCCc1ccc(-c2ccc3[nH]nc(/C=C/c4ccccc4)c3c2)c(C)c1O. The van der Waals surface area contributed by atoms with Crippen LogP contribution in [0.15, 0.2) is 60.7 Å². The molecule has 3 heteroatoms. The number of fused-ring (bicyclic) bond motifs is 1. The number of phenolic OH excluding ortho intramolecular Hbond substituents is 1. The zero-order valence-electron chi connectivity index (χ0n) is 16.9. The molecule has 0 bridgehead atoms. The minimum atomic E-state index is 0.424. The monoisotopic (exact) mass is 382 g/mol. The van der Waals surface area contributed by atoms with Gasteiger partial charge in [-0.25, -0.2) is 0 Å². The Morgan fingerprint density at radius 1 is 1.00 bits per heavy atom. The van der Waals surface area contributed by atoms with Crippen molar-refractivity contribution in [3.63, 3.8) is 0 Å². The molecule has 3 aromatic carbocycles. The van der Waals surface area contributed by atoms with E-state index in [4.69, 9.17) is 0 Å². The van der Waals surface area contributed by atoms with E-state index < -0.39 is 0 Å². The van der Waals surface area contributed by atoms with Gasteiger partial charge in [0.2, 0.25) is 0 Å². The summed E-state index contributed by atoms with van der Waals surface area (Å²) < 4.78 is 0. The number of aromatic hydroxyl groups is 1. The summed E-state index contributed by atoms with van der Waals surface area (Å²) in [6.45, 7) is 4.16. The fourth-order valence-electron chi connectivity index (χ4n) is 3.71. The van der Waals surface area contributed by atoms with Crippen LogP contribution in [0.3, 0.4) is 0 Å². The van der Waals surface area contributed by atoms with E-state index in [-0.39, 0.29) is 0 Å². The average Bonchev–Trinajstić information content (AvgIpc) is 3.16. The van der Waals surface area contributed by atoms with Crippen molar-refractivity contribution >= 4 is 23.1 Å². The standard InChI is InChI=1S/C26H26N2O/c1-3-4-10-20-12-14-22(18(2)26(20)29)21-13-16-25-23(17-21)24(27-28-25)15-11-19-8-6-5-7-9-19/h5-9,11-17,29H,3-4,10H2,1-2H3,(H,27,28)/b15-11+. The molecule has 0 amide bonds. The number of nitrogens with zero attached hydrogens (tertiary/aromatic N) is 1. The van der Waals surface area contributed by atoms with Crippen molar-refractivity contribution < 1.29 is 5.11 Å². The summed E-state index contributed by atoms with van der Waals surface area (Å²) in [4.78, 5) is 0. The molecule has 1 aromatic heterocycles. The van der Waals surface area contributed by atoms with Crippen molar-refractivity contribution in [2.24, 2.45) is 0 Å². The van der Waals surface area contributed by atoms with Gasteiger partial charge in [-0.05, 0) is 65.8 Å². The molecule has 29 heavy (non-hydrogen) atoms. The van der Waals surface area contributed by atoms with Gasteiger partial charge in [-0.2, -0.15) is 5.10 Å². The molecule has 0 saturated heterocycles. The zero-order valence-corrected chi connectivity index (χ0v) is 16.9. The molecule has 2 N–H and O–H groups in total. The predicted octanol–water partition coefficient (Wildman–Crippen LogP) is 6.76. The first kappa shape index (κ1) is 19.0.